The molecule has 0 amide bonds. The third kappa shape index (κ3) is 2.70. The van der Waals surface area contributed by atoms with Crippen molar-refractivity contribution in [3.05, 3.63) is 27.8 Å². The van der Waals surface area contributed by atoms with Crippen LogP contribution in [-0.2, 0) is 11.8 Å². The number of rotatable bonds is 4. The third-order valence-electron chi connectivity index (χ3n) is 2.56. The van der Waals surface area contributed by atoms with E-state index in [1.54, 1.807) is 11.3 Å². The maximum absolute atomic E-state index is 5.67. The molecule has 0 saturated carbocycles. The number of aromatic nitrogens is 3. The Morgan fingerprint density at radius 2 is 2.18 bits per heavy atom. The fraction of sp³-hybridized carbons (Fsp3) is 0.545. The van der Waals surface area contributed by atoms with Crippen molar-refractivity contribution in [2.75, 3.05) is 6.54 Å². The second kappa shape index (κ2) is 4.54. The van der Waals surface area contributed by atoms with E-state index < -0.39 is 0 Å². The molecule has 0 aliphatic carbocycles. The van der Waals surface area contributed by atoms with Crippen molar-refractivity contribution in [2.45, 2.75) is 32.6 Å². The predicted molar refractivity (Wildman–Crippen MR) is 66.0 cm³/mol. The van der Waals surface area contributed by atoms with Gasteiger partial charge >= 0.3 is 0 Å². The fourth-order valence-corrected chi connectivity index (χ4v) is 1.95. The molecule has 0 fully saturated rings. The van der Waals surface area contributed by atoms with Gasteiger partial charge in [-0.2, -0.15) is 4.98 Å². The lowest BCUT2D eigenvalue weighted by Crippen LogP contribution is -2.28. The monoisotopic (exact) mass is 252 g/mol. The van der Waals surface area contributed by atoms with Crippen molar-refractivity contribution in [1.82, 2.24) is 15.1 Å². The topological polar surface area (TPSA) is 77.8 Å². The fourth-order valence-electron chi connectivity index (χ4n) is 1.34. The van der Waals surface area contributed by atoms with Crippen LogP contribution in [0.2, 0.25) is 0 Å². The first-order valence-electron chi connectivity index (χ1n) is 5.45. The zero-order chi connectivity index (χ0) is 12.5. The minimum Gasteiger partial charge on any atom is -0.339 e. The third-order valence-corrected chi connectivity index (χ3v) is 3.39. The van der Waals surface area contributed by atoms with Crippen LogP contribution in [0.4, 0.5) is 0 Å². The summed E-state index contributed by atoms with van der Waals surface area (Å²) in [6, 6.07) is 0. The normalized spacial score (nSPS) is 12.0. The summed E-state index contributed by atoms with van der Waals surface area (Å²) in [5, 5.41) is 7.02. The second-order valence-corrected chi connectivity index (χ2v) is 5.70. The molecule has 0 bridgehead atoms. The molecule has 0 spiro atoms. The number of hydrogen-bond donors (Lipinski definition) is 1. The quantitative estimate of drug-likeness (QED) is 0.895. The summed E-state index contributed by atoms with van der Waals surface area (Å²) in [5.74, 6) is 1.24. The first-order chi connectivity index (χ1) is 8.01. The molecule has 0 radical (unpaired) electrons. The molecular weight excluding hydrogens is 236 g/mol. The molecule has 2 aromatic rings. The number of nitrogens with two attached hydrogens (primary N) is 1. The maximum atomic E-state index is 5.67. The highest BCUT2D eigenvalue weighted by Crippen LogP contribution is 2.20. The lowest BCUT2D eigenvalue weighted by molar-refractivity contribution is 0.309. The van der Waals surface area contributed by atoms with Crippen molar-refractivity contribution in [1.29, 1.82) is 0 Å². The van der Waals surface area contributed by atoms with Gasteiger partial charge in [0.2, 0.25) is 5.89 Å². The highest BCUT2D eigenvalue weighted by molar-refractivity contribution is 7.09. The van der Waals surface area contributed by atoms with Crippen molar-refractivity contribution in [3.63, 3.8) is 0 Å². The molecule has 2 heterocycles. The molecule has 0 saturated heterocycles. The molecule has 0 aliphatic rings. The van der Waals surface area contributed by atoms with Crippen LogP contribution in [0.15, 0.2) is 9.90 Å². The van der Waals surface area contributed by atoms with Gasteiger partial charge in [-0.1, -0.05) is 5.16 Å². The van der Waals surface area contributed by atoms with Crippen LogP contribution >= 0.6 is 11.3 Å². The first-order valence-corrected chi connectivity index (χ1v) is 6.33. The summed E-state index contributed by atoms with van der Waals surface area (Å²) in [4.78, 5) is 8.73. The SMILES string of the molecule is Cc1nc(Cc2noc(C(C)(C)CN)n2)cs1. The molecule has 2 rings (SSSR count). The van der Waals surface area contributed by atoms with E-state index in [1.165, 1.54) is 0 Å². The number of aryl methyl sites for hydroxylation is 1. The van der Waals surface area contributed by atoms with E-state index in [9.17, 15) is 0 Å². The molecule has 5 nitrogen and oxygen atoms in total. The standard InChI is InChI=1S/C11H16N4OS/c1-7-13-8(5-17-7)4-9-14-10(16-15-9)11(2,3)6-12/h5H,4,6,12H2,1-3H3. The van der Waals surface area contributed by atoms with Gasteiger partial charge in [-0.15, -0.1) is 11.3 Å². The van der Waals surface area contributed by atoms with Crippen molar-refractivity contribution < 1.29 is 4.52 Å². The highest BCUT2D eigenvalue weighted by Gasteiger charge is 2.26. The number of hydrogen-bond acceptors (Lipinski definition) is 6. The Balaban J connectivity index is 2.14. The Hall–Kier alpha value is -1.27. The van der Waals surface area contributed by atoms with Gasteiger partial charge in [0.15, 0.2) is 5.82 Å². The lowest BCUT2D eigenvalue weighted by atomic mass is 9.94. The van der Waals surface area contributed by atoms with Crippen LogP contribution in [0, 0.1) is 6.92 Å². The van der Waals surface area contributed by atoms with Crippen molar-refractivity contribution in [2.24, 2.45) is 5.73 Å². The van der Waals surface area contributed by atoms with E-state index in [4.69, 9.17) is 10.3 Å². The summed E-state index contributed by atoms with van der Waals surface area (Å²) >= 11 is 1.62. The zero-order valence-electron chi connectivity index (χ0n) is 10.2. The van der Waals surface area contributed by atoms with Gasteiger partial charge in [-0.05, 0) is 20.8 Å². The molecule has 0 atom stereocenters. The molecule has 17 heavy (non-hydrogen) atoms. The van der Waals surface area contributed by atoms with Crippen LogP contribution in [0.3, 0.4) is 0 Å². The van der Waals surface area contributed by atoms with Crippen molar-refractivity contribution >= 4 is 11.3 Å². The predicted octanol–water partition coefficient (Wildman–Crippen LogP) is 1.66. The van der Waals surface area contributed by atoms with E-state index >= 15 is 0 Å². The Labute approximate surface area is 104 Å². The Kier molecular flexibility index (Phi) is 3.26. The molecule has 0 aliphatic heterocycles. The molecule has 2 aromatic heterocycles. The molecular formula is C11H16N4OS. The lowest BCUT2D eigenvalue weighted by Gasteiger charge is -2.15. The number of thiazole rings is 1. The summed E-state index contributed by atoms with van der Waals surface area (Å²) in [7, 11) is 0. The van der Waals surface area contributed by atoms with Gasteiger partial charge in [0.05, 0.1) is 22.5 Å². The van der Waals surface area contributed by atoms with Crippen LogP contribution in [0.1, 0.15) is 36.3 Å². The molecule has 0 unspecified atom stereocenters. The van der Waals surface area contributed by atoms with E-state index in [0.29, 0.717) is 24.7 Å². The zero-order valence-corrected chi connectivity index (χ0v) is 11.0. The first kappa shape index (κ1) is 12.2. The van der Waals surface area contributed by atoms with Gasteiger partial charge in [-0.3, -0.25) is 0 Å². The van der Waals surface area contributed by atoms with Gasteiger partial charge in [-0.25, -0.2) is 4.98 Å². The van der Waals surface area contributed by atoms with Crippen LogP contribution in [0.25, 0.3) is 0 Å². The van der Waals surface area contributed by atoms with Gasteiger partial charge in [0, 0.05) is 11.9 Å². The Morgan fingerprint density at radius 1 is 1.41 bits per heavy atom. The minimum atomic E-state index is -0.275. The summed E-state index contributed by atoms with van der Waals surface area (Å²) in [6.07, 6.45) is 0.606. The highest BCUT2D eigenvalue weighted by atomic mass is 32.1. The van der Waals surface area contributed by atoms with Crippen LogP contribution in [0.5, 0.6) is 0 Å². The average molecular weight is 252 g/mol. The summed E-state index contributed by atoms with van der Waals surface area (Å²) < 4.78 is 5.23. The smallest absolute Gasteiger partial charge is 0.233 e. The largest absolute Gasteiger partial charge is 0.339 e. The number of nitrogens with zero attached hydrogens (tertiary/aromatic N) is 3. The maximum Gasteiger partial charge on any atom is 0.233 e. The molecule has 0 aromatic carbocycles. The van der Waals surface area contributed by atoms with Gasteiger partial charge < -0.3 is 10.3 Å². The van der Waals surface area contributed by atoms with Crippen molar-refractivity contribution in [3.8, 4) is 0 Å². The minimum absolute atomic E-state index is 0.275. The second-order valence-electron chi connectivity index (χ2n) is 4.64. The van der Waals surface area contributed by atoms with E-state index in [1.807, 2.05) is 26.2 Å². The summed E-state index contributed by atoms with van der Waals surface area (Å²) in [5.41, 5.74) is 6.37. The van der Waals surface area contributed by atoms with Crippen LogP contribution in [-0.4, -0.2) is 21.7 Å². The molecule has 6 heteroatoms. The average Bonchev–Trinajstić information content (AvgIpc) is 2.89. The summed E-state index contributed by atoms with van der Waals surface area (Å²) in [6.45, 7) is 6.42. The van der Waals surface area contributed by atoms with E-state index in [0.717, 1.165) is 10.7 Å². The van der Waals surface area contributed by atoms with E-state index in [-0.39, 0.29) is 5.41 Å². The molecule has 2 N–H and O–H groups in total. The van der Waals surface area contributed by atoms with Crippen LogP contribution < -0.4 is 5.73 Å². The molecule has 92 valence electrons. The van der Waals surface area contributed by atoms with Gasteiger partial charge in [0.1, 0.15) is 0 Å². The van der Waals surface area contributed by atoms with Gasteiger partial charge in [0.25, 0.3) is 0 Å². The Morgan fingerprint density at radius 3 is 2.76 bits per heavy atom. The Bertz CT molecular complexity index is 503. The van der Waals surface area contributed by atoms with E-state index in [2.05, 4.69) is 15.1 Å².